The van der Waals surface area contributed by atoms with Gasteiger partial charge in [0.2, 0.25) is 0 Å². The lowest BCUT2D eigenvalue weighted by molar-refractivity contribution is 1.07. The number of nitrogens with zero attached hydrogens (tertiary/aromatic N) is 4. The van der Waals surface area contributed by atoms with Crippen LogP contribution >= 0.6 is 11.3 Å². The number of hydrogen-bond donors (Lipinski definition) is 0. The van der Waals surface area contributed by atoms with E-state index in [1.165, 1.54) is 42.1 Å². The predicted molar refractivity (Wildman–Crippen MR) is 260 cm³/mol. The monoisotopic (exact) mass is 808 g/mol. The normalized spacial score (nSPS) is 11.5. The molecular formula is C57H36N4S. The highest BCUT2D eigenvalue weighted by molar-refractivity contribution is 7.25. The van der Waals surface area contributed by atoms with Crippen molar-refractivity contribution in [1.29, 1.82) is 0 Å². The average molecular weight is 809 g/mol. The molecule has 3 heterocycles. The minimum Gasteiger partial charge on any atom is -0.309 e. The van der Waals surface area contributed by atoms with Gasteiger partial charge < -0.3 is 4.57 Å². The molecule has 0 aliphatic heterocycles. The third-order valence-corrected chi connectivity index (χ3v) is 13.0. The Morgan fingerprint density at radius 3 is 1.58 bits per heavy atom. The highest BCUT2D eigenvalue weighted by Crippen LogP contribution is 2.42. The van der Waals surface area contributed by atoms with E-state index in [9.17, 15) is 0 Å². The lowest BCUT2D eigenvalue weighted by Crippen LogP contribution is -2.02. The number of hydrogen-bond acceptors (Lipinski definition) is 4. The number of para-hydroxylation sites is 1. The molecule has 0 amide bonds. The molecule has 0 atom stereocenters. The molecule has 62 heavy (non-hydrogen) atoms. The second kappa shape index (κ2) is 14.9. The quantitative estimate of drug-likeness (QED) is 0.161. The molecule has 12 aromatic rings. The summed E-state index contributed by atoms with van der Waals surface area (Å²) < 4.78 is 5.01. The van der Waals surface area contributed by atoms with Crippen molar-refractivity contribution in [3.63, 3.8) is 0 Å². The minimum absolute atomic E-state index is 0.608. The second-order valence-electron chi connectivity index (χ2n) is 15.6. The van der Waals surface area contributed by atoms with E-state index in [0.29, 0.717) is 17.5 Å². The van der Waals surface area contributed by atoms with Crippen molar-refractivity contribution in [1.82, 2.24) is 19.5 Å². The number of fused-ring (bicyclic) bond motifs is 6. The third-order valence-electron chi connectivity index (χ3n) is 11.9. The van der Waals surface area contributed by atoms with Crippen LogP contribution in [0.15, 0.2) is 218 Å². The molecule has 0 saturated heterocycles. The minimum atomic E-state index is 0.608. The van der Waals surface area contributed by atoms with Gasteiger partial charge in [-0.05, 0) is 70.3 Å². The first kappa shape index (κ1) is 35.9. The highest BCUT2D eigenvalue weighted by Gasteiger charge is 2.21. The maximum absolute atomic E-state index is 5.29. The second-order valence-corrected chi connectivity index (χ2v) is 16.7. The zero-order valence-corrected chi connectivity index (χ0v) is 34.3. The van der Waals surface area contributed by atoms with Crippen LogP contribution in [0.4, 0.5) is 0 Å². The molecule has 4 nitrogen and oxygen atoms in total. The Hall–Kier alpha value is -7.99. The lowest BCUT2D eigenvalue weighted by Gasteiger charge is -2.16. The zero-order chi connectivity index (χ0) is 41.0. The van der Waals surface area contributed by atoms with E-state index in [1.807, 2.05) is 29.5 Å². The van der Waals surface area contributed by atoms with Gasteiger partial charge in [0.25, 0.3) is 0 Å². The molecular weight excluding hydrogens is 773 g/mol. The van der Waals surface area contributed by atoms with Gasteiger partial charge in [-0.25, -0.2) is 15.0 Å². The topological polar surface area (TPSA) is 43.6 Å². The van der Waals surface area contributed by atoms with Crippen molar-refractivity contribution in [2.75, 3.05) is 0 Å². The van der Waals surface area contributed by atoms with Gasteiger partial charge in [-0.3, -0.25) is 0 Å². The van der Waals surface area contributed by atoms with E-state index in [1.54, 1.807) is 0 Å². The molecule has 0 N–H and O–H groups in total. The molecule has 0 aliphatic rings. The first-order valence-corrected chi connectivity index (χ1v) is 21.7. The van der Waals surface area contributed by atoms with Gasteiger partial charge in [0, 0.05) is 53.2 Å². The summed E-state index contributed by atoms with van der Waals surface area (Å²) in [5.41, 5.74) is 13.0. The van der Waals surface area contributed by atoms with Gasteiger partial charge >= 0.3 is 0 Å². The molecule has 5 heteroatoms. The van der Waals surface area contributed by atoms with Crippen molar-refractivity contribution in [2.24, 2.45) is 0 Å². The standard InChI is InChI=1S/C57H36N4S/c1-4-16-37(17-5-1)44-32-30-43(36-51(44)61-49-27-12-10-25-47(49)54-45(26-15-28-50(54)61)38-18-6-2-7-19-38)57-59-55(39-20-8-3-9-21-39)58-56(60-57)42-23-14-22-40(34-42)41-31-33-53-48(35-41)46-24-11-13-29-52(46)62-53/h1-36H. The van der Waals surface area contributed by atoms with E-state index in [4.69, 9.17) is 15.0 Å². The molecule has 0 saturated carbocycles. The van der Waals surface area contributed by atoms with Crippen LogP contribution in [0.5, 0.6) is 0 Å². The number of benzene rings is 9. The summed E-state index contributed by atoms with van der Waals surface area (Å²) in [5, 5.41) is 4.98. The summed E-state index contributed by atoms with van der Waals surface area (Å²) in [4.78, 5) is 15.6. The van der Waals surface area contributed by atoms with E-state index in [2.05, 4.69) is 205 Å². The smallest absolute Gasteiger partial charge is 0.164 e. The molecule has 290 valence electrons. The Morgan fingerprint density at radius 2 is 0.823 bits per heavy atom. The molecule has 3 aromatic heterocycles. The summed E-state index contributed by atoms with van der Waals surface area (Å²) in [6.07, 6.45) is 0. The summed E-state index contributed by atoms with van der Waals surface area (Å²) in [6.45, 7) is 0. The third kappa shape index (κ3) is 6.18. The molecule has 0 fully saturated rings. The van der Waals surface area contributed by atoms with Crippen molar-refractivity contribution in [3.8, 4) is 73.2 Å². The Morgan fingerprint density at radius 1 is 0.306 bits per heavy atom. The maximum atomic E-state index is 5.29. The van der Waals surface area contributed by atoms with Crippen molar-refractivity contribution in [2.45, 2.75) is 0 Å². The van der Waals surface area contributed by atoms with Gasteiger partial charge in [-0.2, -0.15) is 0 Å². The number of thiophene rings is 1. The Kier molecular flexibility index (Phi) is 8.65. The molecule has 0 aliphatic carbocycles. The van der Waals surface area contributed by atoms with Crippen LogP contribution in [0.1, 0.15) is 0 Å². The summed E-state index contributed by atoms with van der Waals surface area (Å²) >= 11 is 1.84. The van der Waals surface area contributed by atoms with Crippen LogP contribution in [0, 0.1) is 0 Å². The lowest BCUT2D eigenvalue weighted by atomic mass is 9.99. The predicted octanol–water partition coefficient (Wildman–Crippen LogP) is 15.3. The first-order valence-electron chi connectivity index (χ1n) is 20.8. The van der Waals surface area contributed by atoms with E-state index in [-0.39, 0.29) is 0 Å². The van der Waals surface area contributed by atoms with Crippen LogP contribution in [-0.2, 0) is 0 Å². The molecule has 9 aromatic carbocycles. The molecule has 0 radical (unpaired) electrons. The van der Waals surface area contributed by atoms with Gasteiger partial charge in [0.05, 0.1) is 16.7 Å². The van der Waals surface area contributed by atoms with E-state index >= 15 is 0 Å². The fourth-order valence-corrected chi connectivity index (χ4v) is 10.0. The summed E-state index contributed by atoms with van der Waals surface area (Å²) in [7, 11) is 0. The number of rotatable bonds is 7. The molecule has 0 unspecified atom stereocenters. The van der Waals surface area contributed by atoms with E-state index < -0.39 is 0 Å². The summed E-state index contributed by atoms with van der Waals surface area (Å²) in [5.74, 6) is 1.85. The molecule has 0 spiro atoms. The zero-order valence-electron chi connectivity index (χ0n) is 33.5. The largest absolute Gasteiger partial charge is 0.309 e. The van der Waals surface area contributed by atoms with Gasteiger partial charge in [0.15, 0.2) is 17.5 Å². The van der Waals surface area contributed by atoms with Crippen molar-refractivity contribution in [3.05, 3.63) is 218 Å². The fourth-order valence-electron chi connectivity index (χ4n) is 8.95. The van der Waals surface area contributed by atoms with E-state index in [0.717, 1.165) is 55.7 Å². The van der Waals surface area contributed by atoms with Crippen LogP contribution in [-0.4, -0.2) is 19.5 Å². The first-order chi connectivity index (χ1) is 30.7. The van der Waals surface area contributed by atoms with Crippen molar-refractivity contribution < 1.29 is 0 Å². The van der Waals surface area contributed by atoms with Crippen LogP contribution in [0.25, 0.3) is 115 Å². The van der Waals surface area contributed by atoms with Crippen LogP contribution < -0.4 is 0 Å². The van der Waals surface area contributed by atoms with Gasteiger partial charge in [0.1, 0.15) is 0 Å². The fraction of sp³-hybridized carbons (Fsp3) is 0. The Bertz CT molecular complexity index is 3630. The van der Waals surface area contributed by atoms with Crippen LogP contribution in [0.2, 0.25) is 0 Å². The van der Waals surface area contributed by atoms with Crippen molar-refractivity contribution >= 4 is 53.3 Å². The van der Waals surface area contributed by atoms with Gasteiger partial charge in [-0.1, -0.05) is 176 Å². The maximum Gasteiger partial charge on any atom is 0.164 e. The Labute approximate surface area is 362 Å². The number of aromatic nitrogens is 4. The Balaban J connectivity index is 1.06. The SMILES string of the molecule is c1ccc(-c2nc(-c3cccc(-c4ccc5sc6ccccc6c5c4)c3)nc(-c3ccc(-c4ccccc4)c(-n4c5ccccc5c5c(-c6ccccc6)cccc54)c3)n2)cc1. The average Bonchev–Trinajstić information content (AvgIpc) is 3.90. The summed E-state index contributed by atoms with van der Waals surface area (Å²) in [6, 6.07) is 77.5. The molecule has 0 bridgehead atoms. The highest BCUT2D eigenvalue weighted by atomic mass is 32.1. The van der Waals surface area contributed by atoms with Gasteiger partial charge in [-0.15, -0.1) is 11.3 Å². The molecule has 12 rings (SSSR count). The van der Waals surface area contributed by atoms with Crippen LogP contribution in [0.3, 0.4) is 0 Å².